The Morgan fingerprint density at radius 1 is 0.461 bits per heavy atom. The molecule has 3 atom stereocenters. The van der Waals surface area contributed by atoms with Crippen LogP contribution in [0.3, 0.4) is 0 Å². The third-order valence-corrected chi connectivity index (χ3v) is 14.7. The number of hydrogen-bond donors (Lipinski definition) is 3. The number of unbranched alkanes of at least 4 members (excludes halogenated alkanes) is 30. The number of aliphatic hydroxyl groups excluding tert-OH is 1. The van der Waals surface area contributed by atoms with Crippen LogP contribution in [0, 0.1) is 0 Å². The van der Waals surface area contributed by atoms with Crippen molar-refractivity contribution in [2.75, 3.05) is 40.9 Å². The Hall–Kier alpha value is -2.58. The van der Waals surface area contributed by atoms with E-state index in [0.717, 1.165) is 83.5 Å². The van der Waals surface area contributed by atoms with Crippen molar-refractivity contribution in [3.63, 3.8) is 0 Å². The summed E-state index contributed by atoms with van der Waals surface area (Å²) >= 11 is 0. The molecule has 0 saturated carbocycles. The summed E-state index contributed by atoms with van der Waals surface area (Å²) in [5, 5.41) is 13.9. The highest BCUT2D eigenvalue weighted by atomic mass is 31.2. The van der Waals surface area contributed by atoms with Crippen LogP contribution in [0.25, 0.3) is 0 Å². The zero-order valence-corrected chi connectivity index (χ0v) is 51.1. The Labute approximate surface area is 470 Å². The lowest BCUT2D eigenvalue weighted by Gasteiger charge is -2.25. The van der Waals surface area contributed by atoms with Gasteiger partial charge in [-0.1, -0.05) is 272 Å². The van der Waals surface area contributed by atoms with Crippen LogP contribution in [-0.2, 0) is 18.4 Å². The summed E-state index contributed by atoms with van der Waals surface area (Å²) < 4.78 is 23.7. The molecule has 0 heterocycles. The van der Waals surface area contributed by atoms with E-state index in [4.69, 9.17) is 9.05 Å². The predicted octanol–water partition coefficient (Wildman–Crippen LogP) is 19.8. The van der Waals surface area contributed by atoms with Gasteiger partial charge in [0.2, 0.25) is 5.91 Å². The van der Waals surface area contributed by atoms with Gasteiger partial charge in [-0.3, -0.25) is 13.8 Å². The van der Waals surface area contributed by atoms with Crippen molar-refractivity contribution < 1.29 is 32.9 Å². The van der Waals surface area contributed by atoms with Gasteiger partial charge in [-0.2, -0.15) is 0 Å². The summed E-state index contributed by atoms with van der Waals surface area (Å²) in [7, 11) is 1.53. The number of carbonyl (C=O) groups is 1. The van der Waals surface area contributed by atoms with Crippen LogP contribution in [0.5, 0.6) is 0 Å². The molecule has 8 nitrogen and oxygen atoms in total. The molecule has 0 saturated heterocycles. The molecule has 3 N–H and O–H groups in total. The van der Waals surface area contributed by atoms with Gasteiger partial charge in [0, 0.05) is 6.42 Å². The smallest absolute Gasteiger partial charge is 0.387 e. The molecule has 0 fully saturated rings. The molecule has 76 heavy (non-hydrogen) atoms. The van der Waals surface area contributed by atoms with Crippen molar-refractivity contribution in [2.24, 2.45) is 0 Å². The Morgan fingerprint density at radius 2 is 0.803 bits per heavy atom. The Bertz CT molecular complexity index is 1560. The highest BCUT2D eigenvalue weighted by molar-refractivity contribution is 7.47. The minimum atomic E-state index is -4.37. The van der Waals surface area contributed by atoms with Crippen molar-refractivity contribution >= 4 is 13.7 Å². The number of rotatable bonds is 57. The Morgan fingerprint density at radius 3 is 1.21 bits per heavy atom. The number of aliphatic hydroxyl groups is 1. The Kier molecular flexibility index (Phi) is 55.2. The zero-order valence-electron chi connectivity index (χ0n) is 50.2. The van der Waals surface area contributed by atoms with Crippen LogP contribution in [-0.4, -0.2) is 73.4 Å². The number of amides is 1. The van der Waals surface area contributed by atoms with Crippen molar-refractivity contribution in [2.45, 2.75) is 283 Å². The molecule has 3 unspecified atom stereocenters. The number of hydrogen-bond acceptors (Lipinski definition) is 5. The summed E-state index contributed by atoms with van der Waals surface area (Å²) in [6, 6.07) is -0.881. The fourth-order valence-corrected chi connectivity index (χ4v) is 9.60. The number of nitrogens with zero attached hydrogens (tertiary/aromatic N) is 1. The van der Waals surface area contributed by atoms with E-state index in [1.54, 1.807) is 6.08 Å². The molecule has 0 aromatic carbocycles. The van der Waals surface area contributed by atoms with Crippen LogP contribution in [0.4, 0.5) is 0 Å². The largest absolute Gasteiger partial charge is 0.472 e. The number of likely N-dealkylation sites (N-methyl/N-ethyl adjacent to an activating group) is 1. The maximum absolute atomic E-state index is 13.0. The van der Waals surface area contributed by atoms with Gasteiger partial charge in [-0.05, 0) is 89.9 Å². The maximum atomic E-state index is 13.0. The third kappa shape index (κ3) is 59.1. The highest BCUT2D eigenvalue weighted by Crippen LogP contribution is 2.43. The fraction of sp³-hybridized carbons (Fsp3) is 0.746. The van der Waals surface area contributed by atoms with Gasteiger partial charge in [0.1, 0.15) is 13.2 Å². The summed E-state index contributed by atoms with van der Waals surface area (Å²) in [6.45, 7) is 4.68. The van der Waals surface area contributed by atoms with E-state index in [1.165, 1.54) is 167 Å². The van der Waals surface area contributed by atoms with Crippen LogP contribution in [0.1, 0.15) is 271 Å². The standard InChI is InChI=1S/C67H121N2O6P/c1-6-8-10-12-14-16-18-20-22-24-26-28-30-32-33-34-35-37-38-40-42-44-46-48-50-52-54-56-58-60-66(70)65(64-75-76(72,73)74-63-62-69(3,4)5)68-67(71)61-59-57-55-53-51-49-47-45-43-41-39-36-31-29-27-25-23-21-19-17-15-13-11-9-7-2/h9,11,15,17,21,23,27,29,36,39,42,44,50,52,58,60,65-66,70H,6-8,10,12-14,16,18-20,22,24-26,28,30-35,37-38,40-41,43,45-49,51,53-57,59,61-64H2,1-5H3,(H-,68,71,72,73)/p+1/b11-9-,17-15-,23-21-,29-27-,39-36-,44-42+,52-50+,60-58+. The second-order valence-electron chi connectivity index (χ2n) is 22.4. The maximum Gasteiger partial charge on any atom is 0.472 e. The summed E-state index contributed by atoms with van der Waals surface area (Å²) in [6.07, 6.45) is 82.5. The molecule has 0 aromatic heterocycles. The molecular weight excluding hydrogens is 960 g/mol. The fourth-order valence-electron chi connectivity index (χ4n) is 8.87. The van der Waals surface area contributed by atoms with E-state index in [9.17, 15) is 19.4 Å². The van der Waals surface area contributed by atoms with Gasteiger partial charge in [-0.25, -0.2) is 4.57 Å². The van der Waals surface area contributed by atoms with Crippen molar-refractivity contribution in [1.82, 2.24) is 5.32 Å². The summed E-state index contributed by atoms with van der Waals surface area (Å²) in [4.78, 5) is 23.4. The highest BCUT2D eigenvalue weighted by Gasteiger charge is 2.27. The molecule has 0 bridgehead atoms. The van der Waals surface area contributed by atoms with E-state index in [2.05, 4.69) is 104 Å². The number of phosphoric ester groups is 1. The lowest BCUT2D eigenvalue weighted by atomic mass is 10.0. The number of quaternary nitrogens is 1. The van der Waals surface area contributed by atoms with Crippen molar-refractivity contribution in [3.8, 4) is 0 Å². The van der Waals surface area contributed by atoms with Gasteiger partial charge in [0.15, 0.2) is 0 Å². The first-order valence-electron chi connectivity index (χ1n) is 31.6. The van der Waals surface area contributed by atoms with E-state index >= 15 is 0 Å². The molecule has 0 rings (SSSR count). The second-order valence-corrected chi connectivity index (χ2v) is 23.8. The van der Waals surface area contributed by atoms with Crippen LogP contribution < -0.4 is 5.32 Å². The van der Waals surface area contributed by atoms with Crippen LogP contribution >= 0.6 is 7.82 Å². The average molecular weight is 1080 g/mol. The second kappa shape index (κ2) is 57.1. The SMILES string of the molecule is CC/C=C\C/C=C\C/C=C\C/C=C\C/C=C\CCCCCCCCCCCC(=O)NC(COP(=O)(O)OCC[N+](C)(C)C)C(O)/C=C/CC/C=C/CC/C=C/CCCCCCCCCCCCCCCCCCCCC. The number of phosphoric acid groups is 1. The predicted molar refractivity (Wildman–Crippen MR) is 332 cm³/mol. The van der Waals surface area contributed by atoms with Gasteiger partial charge in [0.25, 0.3) is 0 Å². The van der Waals surface area contributed by atoms with E-state index in [1.807, 2.05) is 27.2 Å². The molecule has 0 aliphatic heterocycles. The molecule has 0 aromatic rings. The lowest BCUT2D eigenvalue weighted by Crippen LogP contribution is -2.45. The molecule has 0 aliphatic rings. The molecule has 0 aliphatic carbocycles. The molecule has 9 heteroatoms. The normalized spacial score (nSPS) is 14.5. The van der Waals surface area contributed by atoms with E-state index in [-0.39, 0.29) is 19.1 Å². The zero-order chi connectivity index (χ0) is 55.6. The number of carbonyl (C=O) groups excluding carboxylic acids is 1. The Balaban J connectivity index is 4.25. The first-order valence-corrected chi connectivity index (χ1v) is 33.1. The van der Waals surface area contributed by atoms with Gasteiger partial charge in [-0.15, -0.1) is 0 Å². The van der Waals surface area contributed by atoms with Crippen LogP contribution in [0.2, 0.25) is 0 Å². The lowest BCUT2D eigenvalue weighted by molar-refractivity contribution is -0.870. The molecule has 440 valence electrons. The topological polar surface area (TPSA) is 105 Å². The quantitative estimate of drug-likeness (QED) is 0.0243. The number of nitrogens with one attached hydrogen (secondary N) is 1. The van der Waals surface area contributed by atoms with Crippen molar-refractivity contribution in [3.05, 3.63) is 97.2 Å². The minimum Gasteiger partial charge on any atom is -0.387 e. The molecule has 0 spiro atoms. The first kappa shape index (κ1) is 73.4. The van der Waals surface area contributed by atoms with E-state index in [0.29, 0.717) is 17.4 Å². The van der Waals surface area contributed by atoms with Gasteiger partial charge >= 0.3 is 7.82 Å². The molecular formula is C67H122N2O6P+. The summed E-state index contributed by atoms with van der Waals surface area (Å²) in [5.41, 5.74) is 0. The minimum absolute atomic E-state index is 0.0476. The van der Waals surface area contributed by atoms with Gasteiger partial charge in [0.05, 0.1) is 39.9 Å². The summed E-state index contributed by atoms with van der Waals surface area (Å²) in [5.74, 6) is -0.199. The van der Waals surface area contributed by atoms with Gasteiger partial charge < -0.3 is 19.8 Å². The average Bonchev–Trinajstić information content (AvgIpc) is 3.38. The monoisotopic (exact) mass is 1080 g/mol. The van der Waals surface area contributed by atoms with E-state index < -0.39 is 20.0 Å². The molecule has 0 radical (unpaired) electrons. The molecule has 1 amide bonds. The first-order chi connectivity index (χ1) is 37.0. The van der Waals surface area contributed by atoms with Crippen LogP contribution in [0.15, 0.2) is 97.2 Å². The number of allylic oxidation sites excluding steroid dienone is 15. The third-order valence-electron chi connectivity index (χ3n) is 13.8. The van der Waals surface area contributed by atoms with Crippen molar-refractivity contribution in [1.29, 1.82) is 0 Å².